The van der Waals surface area contributed by atoms with Crippen LogP contribution in [0.3, 0.4) is 0 Å². The van der Waals surface area contributed by atoms with E-state index in [1.54, 1.807) is 11.3 Å². The number of carbonyl (C=O) groups excluding carboxylic acids is 1. The third kappa shape index (κ3) is 3.40. The van der Waals surface area contributed by atoms with Crippen LogP contribution in [-0.2, 0) is 20.7 Å². The molecule has 1 N–H and O–H groups in total. The van der Waals surface area contributed by atoms with Gasteiger partial charge in [0.2, 0.25) is 5.91 Å². The molecule has 4 nitrogen and oxygen atoms in total. The average Bonchev–Trinajstić information content (AvgIpc) is 3.08. The first-order valence-electron chi connectivity index (χ1n) is 7.37. The van der Waals surface area contributed by atoms with Crippen molar-refractivity contribution in [1.82, 2.24) is 5.32 Å². The van der Waals surface area contributed by atoms with Gasteiger partial charge in [-0.15, -0.1) is 11.3 Å². The van der Waals surface area contributed by atoms with Crippen LogP contribution in [-0.4, -0.2) is 30.9 Å². The third-order valence-corrected chi connectivity index (χ3v) is 4.85. The number of ether oxygens (including phenoxy) is 2. The van der Waals surface area contributed by atoms with Crippen LogP contribution in [0.1, 0.15) is 37.0 Å². The highest BCUT2D eigenvalue weighted by atomic mass is 32.1. The largest absolute Gasteiger partial charge is 0.353 e. The summed E-state index contributed by atoms with van der Waals surface area (Å²) < 4.78 is 11.9. The van der Waals surface area contributed by atoms with Gasteiger partial charge in [0.15, 0.2) is 5.79 Å². The number of hydrogen-bond donors (Lipinski definition) is 1. The lowest BCUT2D eigenvalue weighted by atomic mass is 9.94. The van der Waals surface area contributed by atoms with E-state index in [2.05, 4.69) is 5.32 Å². The van der Waals surface area contributed by atoms with E-state index in [4.69, 9.17) is 9.47 Å². The van der Waals surface area contributed by atoms with Crippen molar-refractivity contribution < 1.29 is 14.3 Å². The minimum atomic E-state index is -0.346. The molecule has 0 unspecified atom stereocenters. The highest BCUT2D eigenvalue weighted by Crippen LogP contribution is 2.37. The van der Waals surface area contributed by atoms with Gasteiger partial charge in [-0.05, 0) is 24.3 Å². The third-order valence-electron chi connectivity index (χ3n) is 3.97. The Bertz CT molecular complexity index is 440. The molecule has 1 aliphatic carbocycles. The van der Waals surface area contributed by atoms with Crippen molar-refractivity contribution >= 4 is 17.2 Å². The Morgan fingerprint density at radius 2 is 2.25 bits per heavy atom. The predicted octanol–water partition coefficient (Wildman–Crippen LogP) is 2.48. The number of rotatable bonds is 4. The van der Waals surface area contributed by atoms with E-state index in [0.717, 1.165) is 17.7 Å². The van der Waals surface area contributed by atoms with E-state index in [1.165, 1.54) is 19.3 Å². The maximum atomic E-state index is 11.8. The van der Waals surface area contributed by atoms with Gasteiger partial charge in [-0.2, -0.15) is 0 Å². The fourth-order valence-corrected chi connectivity index (χ4v) is 3.63. The monoisotopic (exact) mass is 295 g/mol. The Balaban J connectivity index is 1.42. The van der Waals surface area contributed by atoms with Crippen LogP contribution in [0.5, 0.6) is 0 Å². The smallest absolute Gasteiger partial charge is 0.225 e. The van der Waals surface area contributed by atoms with E-state index >= 15 is 0 Å². The maximum Gasteiger partial charge on any atom is 0.225 e. The van der Waals surface area contributed by atoms with E-state index < -0.39 is 0 Å². The van der Waals surface area contributed by atoms with Gasteiger partial charge < -0.3 is 14.8 Å². The van der Waals surface area contributed by atoms with Gasteiger partial charge >= 0.3 is 0 Å². The van der Waals surface area contributed by atoms with Crippen LogP contribution in [0.15, 0.2) is 17.5 Å². The second-order valence-electron chi connectivity index (χ2n) is 5.58. The summed E-state index contributed by atoms with van der Waals surface area (Å²) in [6, 6.07) is 3.95. The second kappa shape index (κ2) is 6.24. The predicted molar refractivity (Wildman–Crippen MR) is 77.7 cm³/mol. The molecule has 1 saturated heterocycles. The second-order valence-corrected chi connectivity index (χ2v) is 6.61. The average molecular weight is 295 g/mol. The maximum absolute atomic E-state index is 11.8. The molecule has 20 heavy (non-hydrogen) atoms. The van der Waals surface area contributed by atoms with E-state index in [0.29, 0.717) is 19.6 Å². The molecule has 1 amide bonds. The van der Waals surface area contributed by atoms with Crippen LogP contribution < -0.4 is 5.32 Å². The molecule has 1 saturated carbocycles. The van der Waals surface area contributed by atoms with Crippen molar-refractivity contribution in [2.45, 2.75) is 50.4 Å². The van der Waals surface area contributed by atoms with Crippen molar-refractivity contribution in [3.63, 3.8) is 0 Å². The van der Waals surface area contributed by atoms with Gasteiger partial charge in [0, 0.05) is 24.3 Å². The van der Waals surface area contributed by atoms with Crippen molar-refractivity contribution in [2.24, 2.45) is 0 Å². The van der Waals surface area contributed by atoms with Crippen LogP contribution in [0, 0.1) is 0 Å². The fourth-order valence-electron chi connectivity index (χ4n) is 2.93. The molecule has 1 atom stereocenters. The molecule has 1 aromatic rings. The zero-order valence-electron chi connectivity index (χ0n) is 11.6. The van der Waals surface area contributed by atoms with E-state index in [-0.39, 0.29) is 17.8 Å². The van der Waals surface area contributed by atoms with Gasteiger partial charge in [-0.1, -0.05) is 12.5 Å². The normalized spacial score (nSPS) is 24.9. The Labute approximate surface area is 123 Å². The molecule has 1 aliphatic heterocycles. The molecule has 1 spiro atoms. The first-order chi connectivity index (χ1) is 9.76. The lowest BCUT2D eigenvalue weighted by molar-refractivity contribution is -0.186. The highest BCUT2D eigenvalue weighted by Gasteiger charge is 2.42. The SMILES string of the molecule is O=C(Cc1cccs1)NC[C@@H]1COC2(CCCCC2)O1. The molecule has 0 bridgehead atoms. The van der Waals surface area contributed by atoms with Gasteiger partial charge in [-0.25, -0.2) is 0 Å². The summed E-state index contributed by atoms with van der Waals surface area (Å²) in [5, 5.41) is 4.94. The molecule has 1 aromatic heterocycles. The number of thiophene rings is 1. The first kappa shape index (κ1) is 14.0. The summed E-state index contributed by atoms with van der Waals surface area (Å²) in [5.74, 6) is -0.290. The van der Waals surface area contributed by atoms with E-state index in [9.17, 15) is 4.79 Å². The van der Waals surface area contributed by atoms with Crippen LogP contribution in [0.4, 0.5) is 0 Å². The van der Waals surface area contributed by atoms with Gasteiger partial charge in [-0.3, -0.25) is 4.79 Å². The lowest BCUT2D eigenvalue weighted by Gasteiger charge is -2.31. The van der Waals surface area contributed by atoms with Crippen molar-refractivity contribution in [3.8, 4) is 0 Å². The molecule has 2 fully saturated rings. The Hall–Kier alpha value is -0.910. The zero-order valence-corrected chi connectivity index (χ0v) is 12.4. The van der Waals surface area contributed by atoms with Crippen molar-refractivity contribution in [3.05, 3.63) is 22.4 Å². The Morgan fingerprint density at radius 1 is 1.40 bits per heavy atom. The summed E-state index contributed by atoms with van der Waals surface area (Å²) in [6.07, 6.45) is 6.07. The molecule has 0 aromatic carbocycles. The van der Waals surface area contributed by atoms with Crippen LogP contribution in [0.25, 0.3) is 0 Å². The fraction of sp³-hybridized carbons (Fsp3) is 0.667. The molecule has 110 valence electrons. The summed E-state index contributed by atoms with van der Waals surface area (Å²) >= 11 is 1.61. The van der Waals surface area contributed by atoms with Crippen LogP contribution in [0.2, 0.25) is 0 Å². The quantitative estimate of drug-likeness (QED) is 0.928. The minimum Gasteiger partial charge on any atom is -0.353 e. The van der Waals surface area contributed by atoms with Crippen molar-refractivity contribution in [1.29, 1.82) is 0 Å². The summed E-state index contributed by atoms with van der Waals surface area (Å²) in [6.45, 7) is 1.14. The molecule has 2 heterocycles. The van der Waals surface area contributed by atoms with Gasteiger partial charge in [0.1, 0.15) is 6.10 Å². The highest BCUT2D eigenvalue weighted by molar-refractivity contribution is 7.10. The summed E-state index contributed by atoms with van der Waals surface area (Å²) in [4.78, 5) is 12.9. The molecular weight excluding hydrogens is 274 g/mol. The summed E-state index contributed by atoms with van der Waals surface area (Å²) in [7, 11) is 0. The number of hydrogen-bond acceptors (Lipinski definition) is 4. The molecule has 5 heteroatoms. The zero-order chi connectivity index (χ0) is 13.8. The summed E-state index contributed by atoms with van der Waals surface area (Å²) in [5.41, 5.74) is 0. The topological polar surface area (TPSA) is 47.6 Å². The molecule has 0 radical (unpaired) electrons. The van der Waals surface area contributed by atoms with Crippen molar-refractivity contribution in [2.75, 3.05) is 13.2 Å². The Morgan fingerprint density at radius 3 is 3.00 bits per heavy atom. The van der Waals surface area contributed by atoms with Gasteiger partial charge in [0.05, 0.1) is 13.0 Å². The number of carbonyl (C=O) groups is 1. The molecular formula is C15H21NO3S. The van der Waals surface area contributed by atoms with Crippen LogP contribution >= 0.6 is 11.3 Å². The number of amides is 1. The Kier molecular flexibility index (Phi) is 4.38. The lowest BCUT2D eigenvalue weighted by Crippen LogP contribution is -2.37. The van der Waals surface area contributed by atoms with E-state index in [1.807, 2.05) is 17.5 Å². The molecule has 3 rings (SSSR count). The number of nitrogens with one attached hydrogen (secondary N) is 1. The minimum absolute atomic E-state index is 0.000357. The first-order valence-corrected chi connectivity index (χ1v) is 8.25. The standard InChI is InChI=1S/C15H21NO3S/c17-14(9-13-5-4-8-20-13)16-10-12-11-18-15(19-12)6-2-1-3-7-15/h4-5,8,12H,1-3,6-7,9-11H2,(H,16,17)/t12-/m1/s1. The van der Waals surface area contributed by atoms with Gasteiger partial charge in [0.25, 0.3) is 0 Å². The molecule has 2 aliphatic rings.